The Kier molecular flexibility index (Phi) is 10.7. The summed E-state index contributed by atoms with van der Waals surface area (Å²) in [6.07, 6.45) is 3.53. The maximum absolute atomic E-state index is 14.5. The minimum atomic E-state index is -4.22. The van der Waals surface area contributed by atoms with Crippen LogP contribution in [-0.4, -0.2) is 62.1 Å². The molecular formula is C31H41N6O7P. The summed E-state index contributed by atoms with van der Waals surface area (Å²) in [5, 5.41) is 15.4. The Morgan fingerprint density at radius 2 is 1.98 bits per heavy atom. The van der Waals surface area contributed by atoms with Crippen molar-refractivity contribution >= 4 is 41.5 Å². The molecule has 1 aliphatic heterocycles. The number of aliphatic hydroxyl groups excluding tert-OH is 1. The van der Waals surface area contributed by atoms with Crippen LogP contribution in [0.1, 0.15) is 59.1 Å². The Bertz CT molecular complexity index is 1640. The first-order valence-electron chi connectivity index (χ1n) is 15.3. The fourth-order valence-corrected chi connectivity index (χ4v) is 6.86. The Hall–Kier alpha value is -3.61. The average molecular weight is 641 g/mol. The summed E-state index contributed by atoms with van der Waals surface area (Å²) in [5.41, 5.74) is 6.72. The van der Waals surface area contributed by atoms with E-state index in [4.69, 9.17) is 24.3 Å². The van der Waals surface area contributed by atoms with E-state index in [2.05, 4.69) is 27.0 Å². The molecule has 14 heteroatoms. The van der Waals surface area contributed by atoms with Crippen molar-refractivity contribution in [2.75, 3.05) is 18.9 Å². The molecule has 3 heterocycles. The highest BCUT2D eigenvalue weighted by molar-refractivity contribution is 7.52. The molecule has 0 spiro atoms. The van der Waals surface area contributed by atoms with Gasteiger partial charge in [0, 0.05) is 11.8 Å². The van der Waals surface area contributed by atoms with E-state index in [-0.39, 0.29) is 31.4 Å². The van der Waals surface area contributed by atoms with Crippen LogP contribution in [0, 0.1) is 5.92 Å². The first-order valence-corrected chi connectivity index (χ1v) is 16.8. The fourth-order valence-electron chi connectivity index (χ4n) is 5.31. The van der Waals surface area contributed by atoms with Gasteiger partial charge in [-0.05, 0) is 30.2 Å². The number of nitrogen functional groups attached to an aromatic ring is 1. The Morgan fingerprint density at radius 1 is 1.18 bits per heavy atom. The number of aliphatic hydroxyl groups is 1. The molecule has 0 bridgehead atoms. The van der Waals surface area contributed by atoms with Gasteiger partial charge in [-0.15, -0.1) is 0 Å². The minimum Gasteiger partial charge on any atom is -0.465 e. The van der Waals surface area contributed by atoms with E-state index < -0.39 is 38.2 Å². The van der Waals surface area contributed by atoms with Crippen molar-refractivity contribution in [1.82, 2.24) is 24.6 Å². The molecule has 1 saturated heterocycles. The van der Waals surface area contributed by atoms with Crippen LogP contribution in [0.3, 0.4) is 0 Å². The maximum Gasteiger partial charge on any atom is 0.459 e. The number of hydrogen-bond acceptors (Lipinski definition) is 11. The summed E-state index contributed by atoms with van der Waals surface area (Å²) in [5.74, 6) is 0.0964. The van der Waals surface area contributed by atoms with Crippen LogP contribution in [0.4, 0.5) is 5.82 Å². The summed E-state index contributed by atoms with van der Waals surface area (Å²) >= 11 is 0. The molecule has 4 aromatic rings. The molecule has 5 rings (SSSR count). The maximum atomic E-state index is 14.5. The number of nitrogens with one attached hydrogen (secondary N) is 1. The lowest BCUT2D eigenvalue weighted by atomic mass is 10.1. The van der Waals surface area contributed by atoms with Gasteiger partial charge in [-0.1, -0.05) is 70.0 Å². The summed E-state index contributed by atoms with van der Waals surface area (Å²) in [6, 6.07) is 12.0. The number of ether oxygens (including phenoxy) is 2. The van der Waals surface area contributed by atoms with Crippen molar-refractivity contribution in [3.05, 3.63) is 55.1 Å². The Labute approximate surface area is 262 Å². The van der Waals surface area contributed by atoms with Crippen LogP contribution >= 0.6 is 7.75 Å². The summed E-state index contributed by atoms with van der Waals surface area (Å²) < 4.78 is 39.9. The van der Waals surface area contributed by atoms with Gasteiger partial charge in [0.2, 0.25) is 0 Å². The van der Waals surface area contributed by atoms with Crippen molar-refractivity contribution in [3.63, 3.8) is 0 Å². The second kappa shape index (κ2) is 14.7. The van der Waals surface area contributed by atoms with Gasteiger partial charge in [-0.3, -0.25) is 13.9 Å². The molecule has 13 nitrogen and oxygen atoms in total. The molecule has 2 aromatic heterocycles. The van der Waals surface area contributed by atoms with Crippen molar-refractivity contribution in [2.45, 2.75) is 77.4 Å². The zero-order valence-corrected chi connectivity index (χ0v) is 26.6. The second-order valence-corrected chi connectivity index (χ2v) is 13.3. The topological polar surface area (TPSA) is 173 Å². The normalized spacial score (nSPS) is 20.4. The number of esters is 1. The van der Waals surface area contributed by atoms with Crippen LogP contribution in [-0.2, 0) is 23.4 Å². The fraction of sp³-hybridized carbons (Fsp3) is 0.484. The average Bonchev–Trinajstić information content (AvgIpc) is 3.61. The van der Waals surface area contributed by atoms with E-state index in [1.165, 1.54) is 12.7 Å². The van der Waals surface area contributed by atoms with Gasteiger partial charge in [-0.25, -0.2) is 19.5 Å². The van der Waals surface area contributed by atoms with E-state index in [1.54, 1.807) is 16.7 Å². The van der Waals surface area contributed by atoms with Crippen LogP contribution in [0.25, 0.3) is 21.9 Å². The number of imidazole rings is 1. The SMILES string of the molecule is CCCCCOC(=O)[C@H](CC(C)C)NP(=O)(OC[C@@H]1C[C@@H](O)[C@H](n2cnc3c(N)ncnc32)O1)Oc1cccc2ccccc12. The lowest BCUT2D eigenvalue weighted by molar-refractivity contribution is -0.146. The third kappa shape index (κ3) is 7.98. The molecular weight excluding hydrogens is 599 g/mol. The molecule has 1 unspecified atom stereocenters. The van der Waals surface area contributed by atoms with Crippen LogP contribution in [0.2, 0.25) is 0 Å². The monoisotopic (exact) mass is 640 g/mol. The molecule has 242 valence electrons. The second-order valence-electron chi connectivity index (χ2n) is 11.6. The number of carbonyl (C=O) groups excluding carboxylic acids is 1. The van der Waals surface area contributed by atoms with E-state index in [0.29, 0.717) is 23.3 Å². The molecule has 1 aliphatic rings. The Morgan fingerprint density at radius 3 is 2.78 bits per heavy atom. The molecule has 45 heavy (non-hydrogen) atoms. The molecule has 1 fully saturated rings. The molecule has 5 atom stereocenters. The van der Waals surface area contributed by atoms with Gasteiger partial charge in [0.15, 0.2) is 17.7 Å². The van der Waals surface area contributed by atoms with Gasteiger partial charge in [0.05, 0.1) is 25.6 Å². The van der Waals surface area contributed by atoms with Gasteiger partial charge in [0.25, 0.3) is 0 Å². The summed E-state index contributed by atoms with van der Waals surface area (Å²) in [4.78, 5) is 25.6. The molecule has 2 aromatic carbocycles. The highest BCUT2D eigenvalue weighted by atomic mass is 31.2. The standard InChI is InChI=1S/C31H41N6O7P/c1-4-5-8-14-41-31(39)24(15-20(2)3)36-45(40,44-26-13-9-11-21-10-6-7-12-23(21)26)42-17-22-16-25(38)30(43-22)37-19-35-27-28(32)33-18-34-29(27)37/h6-7,9-13,18-20,22,24-25,30,38H,4-5,8,14-17H2,1-3H3,(H,36,40)(H2,32,33,34)/t22-,24-,25+,30+,45?/m0/s1. The van der Waals surface area contributed by atoms with Crippen LogP contribution in [0.15, 0.2) is 55.1 Å². The zero-order valence-electron chi connectivity index (χ0n) is 25.7. The number of anilines is 1. The van der Waals surface area contributed by atoms with Crippen molar-refractivity contribution < 1.29 is 33.0 Å². The molecule has 0 amide bonds. The number of hydrogen-bond donors (Lipinski definition) is 3. The number of fused-ring (bicyclic) bond motifs is 2. The third-order valence-corrected chi connectivity index (χ3v) is 9.08. The van der Waals surface area contributed by atoms with Crippen LogP contribution < -0.4 is 15.3 Å². The molecule has 0 saturated carbocycles. The molecule has 0 radical (unpaired) electrons. The van der Waals surface area contributed by atoms with Crippen molar-refractivity contribution in [2.24, 2.45) is 5.92 Å². The number of rotatable bonds is 15. The van der Waals surface area contributed by atoms with Crippen LogP contribution in [0.5, 0.6) is 5.75 Å². The van der Waals surface area contributed by atoms with Gasteiger partial charge in [0.1, 0.15) is 29.7 Å². The molecule has 0 aliphatic carbocycles. The van der Waals surface area contributed by atoms with Gasteiger partial charge < -0.3 is 24.8 Å². The first-order chi connectivity index (χ1) is 21.7. The number of carbonyl (C=O) groups is 1. The zero-order chi connectivity index (χ0) is 32.0. The quantitative estimate of drug-likeness (QED) is 0.0887. The van der Waals surface area contributed by atoms with E-state index >= 15 is 0 Å². The van der Waals surface area contributed by atoms with E-state index in [1.807, 2.05) is 44.2 Å². The first kappa shape index (κ1) is 32.8. The van der Waals surface area contributed by atoms with Gasteiger partial charge >= 0.3 is 13.7 Å². The number of benzene rings is 2. The third-order valence-electron chi connectivity index (χ3n) is 7.52. The van der Waals surface area contributed by atoms with Gasteiger partial charge in [-0.2, -0.15) is 5.09 Å². The number of aromatic nitrogens is 4. The largest absolute Gasteiger partial charge is 0.465 e. The highest BCUT2D eigenvalue weighted by Crippen LogP contribution is 2.48. The predicted octanol–water partition coefficient (Wildman–Crippen LogP) is 5.15. The number of nitrogens with zero attached hydrogens (tertiary/aromatic N) is 4. The summed E-state index contributed by atoms with van der Waals surface area (Å²) in [7, 11) is -4.22. The molecule has 4 N–H and O–H groups in total. The number of unbranched alkanes of at least 4 members (excludes halogenated alkanes) is 2. The predicted molar refractivity (Wildman–Crippen MR) is 169 cm³/mol. The van der Waals surface area contributed by atoms with E-state index in [9.17, 15) is 14.5 Å². The van der Waals surface area contributed by atoms with Crippen molar-refractivity contribution in [3.8, 4) is 5.75 Å². The lowest BCUT2D eigenvalue weighted by Crippen LogP contribution is -2.39. The summed E-state index contributed by atoms with van der Waals surface area (Å²) in [6.45, 7) is 6.06. The highest BCUT2D eigenvalue weighted by Gasteiger charge is 2.40. The smallest absolute Gasteiger partial charge is 0.459 e. The Balaban J connectivity index is 1.36. The van der Waals surface area contributed by atoms with Crippen molar-refractivity contribution in [1.29, 1.82) is 0 Å². The minimum absolute atomic E-state index is 0.0774. The van der Waals surface area contributed by atoms with E-state index in [0.717, 1.165) is 30.0 Å². The number of nitrogens with two attached hydrogens (primary N) is 1. The lowest BCUT2D eigenvalue weighted by Gasteiger charge is -2.27.